The van der Waals surface area contributed by atoms with E-state index in [1.807, 2.05) is 29.2 Å². The van der Waals surface area contributed by atoms with Gasteiger partial charge in [-0.05, 0) is 43.0 Å². The van der Waals surface area contributed by atoms with Gasteiger partial charge in [0.05, 0.1) is 12.5 Å². The molecule has 1 unspecified atom stereocenters. The number of carbonyl (C=O) groups excluding carboxylic acids is 2. The fourth-order valence-electron chi connectivity index (χ4n) is 3.37. The Labute approximate surface area is 155 Å². The van der Waals surface area contributed by atoms with Crippen molar-refractivity contribution in [2.45, 2.75) is 45.6 Å². The van der Waals surface area contributed by atoms with Gasteiger partial charge >= 0.3 is 0 Å². The highest BCUT2D eigenvalue weighted by atomic mass is 16.2. The molecule has 4 heteroatoms. The molecule has 1 aliphatic heterocycles. The highest BCUT2D eigenvalue weighted by Crippen LogP contribution is 2.22. The molecule has 2 aromatic carbocycles. The zero-order valence-corrected chi connectivity index (χ0v) is 15.5. The van der Waals surface area contributed by atoms with Crippen LogP contribution in [0.1, 0.15) is 48.9 Å². The molecule has 0 bridgehead atoms. The molecule has 2 aromatic rings. The minimum Gasteiger partial charge on any atom is -0.349 e. The molecule has 2 amide bonds. The van der Waals surface area contributed by atoms with Crippen LogP contribution in [0.2, 0.25) is 0 Å². The minimum absolute atomic E-state index is 0.0161. The predicted octanol–water partition coefficient (Wildman–Crippen LogP) is 3.93. The summed E-state index contributed by atoms with van der Waals surface area (Å²) in [6, 6.07) is 16.1. The fraction of sp³-hybridized carbons (Fsp3) is 0.364. The average Bonchev–Trinajstić information content (AvgIpc) is 3.07. The minimum atomic E-state index is 0.0161. The quantitative estimate of drug-likeness (QED) is 0.858. The molecule has 1 aliphatic rings. The van der Waals surface area contributed by atoms with Crippen molar-refractivity contribution in [1.29, 1.82) is 0 Å². The van der Waals surface area contributed by atoms with Gasteiger partial charge in [0, 0.05) is 18.7 Å². The Morgan fingerprint density at radius 3 is 2.38 bits per heavy atom. The van der Waals surface area contributed by atoms with Gasteiger partial charge in [-0.15, -0.1) is 0 Å². The maximum absolute atomic E-state index is 12.4. The molecule has 1 heterocycles. The molecular formula is C22H26N2O2. The van der Waals surface area contributed by atoms with E-state index in [0.717, 1.165) is 36.2 Å². The number of benzene rings is 2. The second kappa shape index (κ2) is 8.17. The van der Waals surface area contributed by atoms with E-state index in [9.17, 15) is 9.59 Å². The molecular weight excluding hydrogens is 324 g/mol. The molecule has 1 fully saturated rings. The number of nitrogens with one attached hydrogen (secondary N) is 1. The van der Waals surface area contributed by atoms with Crippen LogP contribution in [0.15, 0.2) is 48.5 Å². The molecule has 3 rings (SSSR count). The average molecular weight is 350 g/mol. The number of hydrogen-bond donors (Lipinski definition) is 1. The molecule has 1 N–H and O–H groups in total. The van der Waals surface area contributed by atoms with Gasteiger partial charge in [-0.25, -0.2) is 0 Å². The largest absolute Gasteiger partial charge is 0.349 e. The van der Waals surface area contributed by atoms with Crippen LogP contribution in [0.3, 0.4) is 0 Å². The normalized spacial score (nSPS) is 15.2. The molecule has 1 saturated heterocycles. The maximum Gasteiger partial charge on any atom is 0.227 e. The SMILES string of the molecule is CCC(NC(=O)Cc1ccc(N2CCCC2=O)cc1)c1ccc(C)cc1. The lowest BCUT2D eigenvalue weighted by Crippen LogP contribution is -2.29. The summed E-state index contributed by atoms with van der Waals surface area (Å²) in [5.41, 5.74) is 4.22. The third-order valence-electron chi connectivity index (χ3n) is 4.91. The number of carbonyl (C=O) groups is 2. The Balaban J connectivity index is 1.60. The van der Waals surface area contributed by atoms with Gasteiger partial charge in [0.15, 0.2) is 0 Å². The van der Waals surface area contributed by atoms with Crippen LogP contribution < -0.4 is 10.2 Å². The predicted molar refractivity (Wildman–Crippen MR) is 104 cm³/mol. The van der Waals surface area contributed by atoms with Gasteiger partial charge in [0.1, 0.15) is 0 Å². The molecule has 26 heavy (non-hydrogen) atoms. The molecule has 1 atom stereocenters. The van der Waals surface area contributed by atoms with Crippen LogP contribution in [-0.4, -0.2) is 18.4 Å². The van der Waals surface area contributed by atoms with E-state index in [2.05, 4.69) is 43.4 Å². The smallest absolute Gasteiger partial charge is 0.227 e. The van der Waals surface area contributed by atoms with Crippen LogP contribution >= 0.6 is 0 Å². The van der Waals surface area contributed by atoms with E-state index >= 15 is 0 Å². The van der Waals surface area contributed by atoms with Crippen molar-refractivity contribution in [1.82, 2.24) is 5.32 Å². The lowest BCUT2D eigenvalue weighted by atomic mass is 10.0. The van der Waals surface area contributed by atoms with E-state index in [0.29, 0.717) is 12.8 Å². The summed E-state index contributed by atoms with van der Waals surface area (Å²) >= 11 is 0. The van der Waals surface area contributed by atoms with Crippen molar-refractivity contribution in [3.05, 3.63) is 65.2 Å². The summed E-state index contributed by atoms with van der Waals surface area (Å²) < 4.78 is 0. The molecule has 0 spiro atoms. The van der Waals surface area contributed by atoms with Crippen molar-refractivity contribution in [2.24, 2.45) is 0 Å². The zero-order chi connectivity index (χ0) is 18.5. The Bertz CT molecular complexity index is 766. The molecule has 136 valence electrons. The number of anilines is 1. The van der Waals surface area contributed by atoms with Crippen LogP contribution in [0.25, 0.3) is 0 Å². The summed E-state index contributed by atoms with van der Waals surface area (Å²) in [6.07, 6.45) is 2.74. The monoisotopic (exact) mass is 350 g/mol. The second-order valence-electron chi connectivity index (χ2n) is 6.93. The van der Waals surface area contributed by atoms with Gasteiger partial charge in [0.25, 0.3) is 0 Å². The first-order valence-electron chi connectivity index (χ1n) is 9.32. The number of aryl methyl sites for hydroxylation is 1. The van der Waals surface area contributed by atoms with Gasteiger partial charge < -0.3 is 10.2 Å². The third kappa shape index (κ3) is 4.31. The first-order valence-corrected chi connectivity index (χ1v) is 9.32. The second-order valence-corrected chi connectivity index (χ2v) is 6.93. The highest BCUT2D eigenvalue weighted by molar-refractivity contribution is 5.95. The maximum atomic E-state index is 12.4. The van der Waals surface area contributed by atoms with Gasteiger partial charge in [-0.1, -0.05) is 48.9 Å². The van der Waals surface area contributed by atoms with Crippen molar-refractivity contribution >= 4 is 17.5 Å². The van der Waals surface area contributed by atoms with E-state index in [-0.39, 0.29) is 17.9 Å². The van der Waals surface area contributed by atoms with Gasteiger partial charge in [0.2, 0.25) is 11.8 Å². The van der Waals surface area contributed by atoms with Crippen molar-refractivity contribution < 1.29 is 9.59 Å². The van der Waals surface area contributed by atoms with Gasteiger partial charge in [-0.3, -0.25) is 9.59 Å². The summed E-state index contributed by atoms with van der Waals surface area (Å²) in [5.74, 6) is 0.196. The number of rotatable bonds is 6. The summed E-state index contributed by atoms with van der Waals surface area (Å²) in [6.45, 7) is 4.92. The Morgan fingerprint density at radius 2 is 1.81 bits per heavy atom. The summed E-state index contributed by atoms with van der Waals surface area (Å²) in [7, 11) is 0. The van der Waals surface area contributed by atoms with Crippen molar-refractivity contribution in [3.63, 3.8) is 0 Å². The van der Waals surface area contributed by atoms with Crippen molar-refractivity contribution in [2.75, 3.05) is 11.4 Å². The number of nitrogens with zero attached hydrogens (tertiary/aromatic N) is 1. The molecule has 4 nitrogen and oxygen atoms in total. The highest BCUT2D eigenvalue weighted by Gasteiger charge is 2.21. The fourth-order valence-corrected chi connectivity index (χ4v) is 3.37. The van der Waals surface area contributed by atoms with Crippen LogP contribution in [0.5, 0.6) is 0 Å². The Hall–Kier alpha value is -2.62. The standard InChI is InChI=1S/C22H26N2O2/c1-3-20(18-10-6-16(2)7-11-18)23-21(25)15-17-8-12-19(13-9-17)24-14-4-5-22(24)26/h6-13,20H,3-5,14-15H2,1-2H3,(H,23,25). The first-order chi connectivity index (χ1) is 12.6. The number of amides is 2. The lowest BCUT2D eigenvalue weighted by molar-refractivity contribution is -0.121. The van der Waals surface area contributed by atoms with E-state index in [1.54, 1.807) is 0 Å². The van der Waals surface area contributed by atoms with Crippen LogP contribution in [-0.2, 0) is 16.0 Å². The first kappa shape index (κ1) is 18.2. The summed E-state index contributed by atoms with van der Waals surface area (Å²) in [5, 5.41) is 3.12. The zero-order valence-electron chi connectivity index (χ0n) is 15.5. The topological polar surface area (TPSA) is 49.4 Å². The molecule has 0 aliphatic carbocycles. The Morgan fingerprint density at radius 1 is 1.12 bits per heavy atom. The van der Waals surface area contributed by atoms with E-state index in [4.69, 9.17) is 0 Å². The van der Waals surface area contributed by atoms with Crippen LogP contribution in [0.4, 0.5) is 5.69 Å². The van der Waals surface area contributed by atoms with E-state index < -0.39 is 0 Å². The van der Waals surface area contributed by atoms with Crippen molar-refractivity contribution in [3.8, 4) is 0 Å². The van der Waals surface area contributed by atoms with Gasteiger partial charge in [-0.2, -0.15) is 0 Å². The number of hydrogen-bond acceptors (Lipinski definition) is 2. The lowest BCUT2D eigenvalue weighted by Gasteiger charge is -2.18. The summed E-state index contributed by atoms with van der Waals surface area (Å²) in [4.78, 5) is 26.1. The molecule has 0 radical (unpaired) electrons. The third-order valence-corrected chi connectivity index (χ3v) is 4.91. The molecule has 0 saturated carbocycles. The van der Waals surface area contributed by atoms with Crippen LogP contribution in [0, 0.1) is 6.92 Å². The molecule has 0 aromatic heterocycles. The van der Waals surface area contributed by atoms with E-state index in [1.165, 1.54) is 5.56 Å². The Kier molecular flexibility index (Phi) is 5.71.